The van der Waals surface area contributed by atoms with Gasteiger partial charge in [0, 0.05) is 18.8 Å². The van der Waals surface area contributed by atoms with E-state index in [4.69, 9.17) is 0 Å². The van der Waals surface area contributed by atoms with Gasteiger partial charge >= 0.3 is 0 Å². The van der Waals surface area contributed by atoms with Crippen molar-refractivity contribution in [3.05, 3.63) is 53.9 Å². The van der Waals surface area contributed by atoms with Gasteiger partial charge in [-0.15, -0.1) is 0 Å². The number of pyridine rings is 1. The Kier molecular flexibility index (Phi) is 5.37. The number of piperidine rings is 1. The molecule has 0 bridgehead atoms. The molecule has 1 N–H and O–H groups in total. The van der Waals surface area contributed by atoms with Crippen LogP contribution < -0.4 is 5.32 Å². The zero-order chi connectivity index (χ0) is 17.8. The molecule has 1 amide bonds. The van der Waals surface area contributed by atoms with Crippen LogP contribution in [0.15, 0.2) is 42.6 Å². The fourth-order valence-corrected chi connectivity index (χ4v) is 3.25. The van der Waals surface area contributed by atoms with E-state index in [0.717, 1.165) is 30.9 Å². The summed E-state index contributed by atoms with van der Waals surface area (Å²) in [4.78, 5) is 18.9. The van der Waals surface area contributed by atoms with Gasteiger partial charge in [0.1, 0.15) is 5.69 Å². The van der Waals surface area contributed by atoms with E-state index >= 15 is 0 Å². The minimum absolute atomic E-state index is 0.0411. The number of carbonyl (C=O) groups is 1. The van der Waals surface area contributed by atoms with Gasteiger partial charge < -0.3 is 10.2 Å². The summed E-state index contributed by atoms with van der Waals surface area (Å²) in [6, 6.07) is 12.1. The number of nitrogens with zero attached hydrogens (tertiary/aromatic N) is 2. The molecular formula is C21H27N3O. The fourth-order valence-electron chi connectivity index (χ4n) is 3.25. The molecule has 1 unspecified atom stereocenters. The van der Waals surface area contributed by atoms with Gasteiger partial charge in [-0.25, -0.2) is 4.98 Å². The number of hydrogen-bond donors (Lipinski definition) is 1. The zero-order valence-corrected chi connectivity index (χ0v) is 15.3. The summed E-state index contributed by atoms with van der Waals surface area (Å²) in [5.74, 6) is 1.14. The van der Waals surface area contributed by atoms with Crippen molar-refractivity contribution < 1.29 is 4.79 Å². The van der Waals surface area contributed by atoms with Gasteiger partial charge in [-0.05, 0) is 54.5 Å². The van der Waals surface area contributed by atoms with Crippen molar-refractivity contribution in [2.45, 2.75) is 39.5 Å². The Morgan fingerprint density at radius 1 is 1.16 bits per heavy atom. The molecule has 4 nitrogen and oxygen atoms in total. The second-order valence-corrected chi connectivity index (χ2v) is 7.33. The van der Waals surface area contributed by atoms with E-state index in [1.807, 2.05) is 17.0 Å². The van der Waals surface area contributed by atoms with Gasteiger partial charge in [-0.3, -0.25) is 4.79 Å². The summed E-state index contributed by atoms with van der Waals surface area (Å²) in [5.41, 5.74) is 3.76. The molecule has 0 aliphatic carbocycles. The maximum absolute atomic E-state index is 12.6. The first-order chi connectivity index (χ1) is 12.0. The molecule has 0 spiro atoms. The number of rotatable bonds is 4. The second kappa shape index (κ2) is 7.68. The molecule has 0 saturated carbocycles. The molecule has 1 atom stereocenters. The van der Waals surface area contributed by atoms with E-state index in [-0.39, 0.29) is 5.91 Å². The quantitative estimate of drug-likeness (QED) is 0.870. The molecule has 1 aromatic carbocycles. The lowest BCUT2D eigenvalue weighted by molar-refractivity contribution is 0.0677. The standard InChI is InChI=1S/C21H27N3O/c1-15(2)17-6-8-18(9-7-17)23-19-10-11-20(22-13-19)21(25)24-12-4-5-16(3)14-24/h6-11,13,15-16,23H,4-5,12,14H2,1-3H3. The zero-order valence-electron chi connectivity index (χ0n) is 15.3. The Bertz CT molecular complexity index is 707. The second-order valence-electron chi connectivity index (χ2n) is 7.33. The van der Waals surface area contributed by atoms with Crippen LogP contribution in [-0.4, -0.2) is 28.9 Å². The minimum atomic E-state index is 0.0411. The number of nitrogens with one attached hydrogen (secondary N) is 1. The third-order valence-electron chi connectivity index (χ3n) is 4.79. The smallest absolute Gasteiger partial charge is 0.272 e. The number of amides is 1. The van der Waals surface area contributed by atoms with Crippen LogP contribution in [0, 0.1) is 5.92 Å². The normalized spacial score (nSPS) is 17.6. The van der Waals surface area contributed by atoms with Crippen LogP contribution >= 0.6 is 0 Å². The summed E-state index contributed by atoms with van der Waals surface area (Å²) >= 11 is 0. The number of hydrogen-bond acceptors (Lipinski definition) is 3. The lowest BCUT2D eigenvalue weighted by Gasteiger charge is -2.30. The van der Waals surface area contributed by atoms with Gasteiger partial charge in [0.05, 0.1) is 11.9 Å². The Morgan fingerprint density at radius 3 is 2.48 bits per heavy atom. The minimum Gasteiger partial charge on any atom is -0.354 e. The summed E-state index contributed by atoms with van der Waals surface area (Å²) in [6.45, 7) is 8.25. The molecule has 1 aliphatic heterocycles. The number of aromatic nitrogens is 1. The molecule has 3 rings (SSSR count). The van der Waals surface area contributed by atoms with E-state index < -0.39 is 0 Å². The van der Waals surface area contributed by atoms with Gasteiger partial charge in [0.15, 0.2) is 0 Å². The van der Waals surface area contributed by atoms with Gasteiger partial charge in [0.25, 0.3) is 5.91 Å². The third-order valence-corrected chi connectivity index (χ3v) is 4.79. The summed E-state index contributed by atoms with van der Waals surface area (Å²) in [5, 5.41) is 3.34. The van der Waals surface area contributed by atoms with Gasteiger partial charge in [0.2, 0.25) is 0 Å². The average Bonchev–Trinajstić information content (AvgIpc) is 2.62. The van der Waals surface area contributed by atoms with Crippen LogP contribution in [0.3, 0.4) is 0 Å². The monoisotopic (exact) mass is 337 g/mol. The highest BCUT2D eigenvalue weighted by atomic mass is 16.2. The van der Waals surface area contributed by atoms with Crippen LogP contribution in [0.5, 0.6) is 0 Å². The van der Waals surface area contributed by atoms with Crippen molar-refractivity contribution in [3.8, 4) is 0 Å². The van der Waals surface area contributed by atoms with Crippen molar-refractivity contribution in [1.29, 1.82) is 0 Å². The van der Waals surface area contributed by atoms with Crippen LogP contribution in [0.2, 0.25) is 0 Å². The predicted octanol–water partition coefficient (Wildman–Crippen LogP) is 4.82. The Morgan fingerprint density at radius 2 is 1.88 bits per heavy atom. The average molecular weight is 337 g/mol. The summed E-state index contributed by atoms with van der Waals surface area (Å²) in [7, 11) is 0. The van der Waals surface area contributed by atoms with Gasteiger partial charge in [-0.1, -0.05) is 32.9 Å². The highest BCUT2D eigenvalue weighted by molar-refractivity contribution is 5.92. The Hall–Kier alpha value is -2.36. The van der Waals surface area contributed by atoms with Crippen molar-refractivity contribution >= 4 is 17.3 Å². The van der Waals surface area contributed by atoms with Crippen molar-refractivity contribution in [3.63, 3.8) is 0 Å². The van der Waals surface area contributed by atoms with E-state index in [1.165, 1.54) is 12.0 Å². The first kappa shape index (κ1) is 17.5. The lowest BCUT2D eigenvalue weighted by atomic mass is 10.00. The lowest BCUT2D eigenvalue weighted by Crippen LogP contribution is -2.39. The number of anilines is 2. The summed E-state index contributed by atoms with van der Waals surface area (Å²) in [6.07, 6.45) is 4.02. The van der Waals surface area contributed by atoms with E-state index in [2.05, 4.69) is 55.3 Å². The molecule has 4 heteroatoms. The summed E-state index contributed by atoms with van der Waals surface area (Å²) < 4.78 is 0. The molecule has 1 aromatic heterocycles. The van der Waals surface area contributed by atoms with Crippen LogP contribution in [-0.2, 0) is 0 Å². The SMILES string of the molecule is CC1CCCN(C(=O)c2ccc(Nc3ccc(C(C)C)cc3)cn2)C1. The highest BCUT2D eigenvalue weighted by Gasteiger charge is 2.22. The molecular weight excluding hydrogens is 310 g/mol. The maximum atomic E-state index is 12.6. The number of benzene rings is 1. The number of carbonyl (C=O) groups excluding carboxylic acids is 1. The first-order valence-electron chi connectivity index (χ1n) is 9.15. The van der Waals surface area contributed by atoms with Crippen molar-refractivity contribution in [2.75, 3.05) is 18.4 Å². The molecule has 1 fully saturated rings. The van der Waals surface area contributed by atoms with E-state index in [1.54, 1.807) is 6.20 Å². The van der Waals surface area contributed by atoms with Crippen LogP contribution in [0.1, 0.15) is 55.6 Å². The van der Waals surface area contributed by atoms with Crippen LogP contribution in [0.4, 0.5) is 11.4 Å². The molecule has 1 saturated heterocycles. The van der Waals surface area contributed by atoms with E-state index in [9.17, 15) is 4.79 Å². The maximum Gasteiger partial charge on any atom is 0.272 e. The Balaban J connectivity index is 1.64. The Labute approximate surface area is 150 Å². The molecule has 25 heavy (non-hydrogen) atoms. The van der Waals surface area contributed by atoms with E-state index in [0.29, 0.717) is 17.5 Å². The van der Waals surface area contributed by atoms with Crippen molar-refractivity contribution in [2.24, 2.45) is 5.92 Å². The molecule has 1 aliphatic rings. The molecule has 2 heterocycles. The molecule has 0 radical (unpaired) electrons. The fraction of sp³-hybridized carbons (Fsp3) is 0.429. The van der Waals surface area contributed by atoms with Crippen LogP contribution in [0.25, 0.3) is 0 Å². The third kappa shape index (κ3) is 4.38. The number of likely N-dealkylation sites (tertiary alicyclic amines) is 1. The first-order valence-corrected chi connectivity index (χ1v) is 9.15. The highest BCUT2D eigenvalue weighted by Crippen LogP contribution is 2.21. The predicted molar refractivity (Wildman–Crippen MR) is 102 cm³/mol. The van der Waals surface area contributed by atoms with Crippen molar-refractivity contribution in [1.82, 2.24) is 9.88 Å². The van der Waals surface area contributed by atoms with Gasteiger partial charge in [-0.2, -0.15) is 0 Å². The molecule has 132 valence electrons. The largest absolute Gasteiger partial charge is 0.354 e. The topological polar surface area (TPSA) is 45.2 Å². The molecule has 2 aromatic rings.